The molecule has 1 aliphatic carbocycles. The molecular formula is C19H25NO6. The number of hydrogen-bond acceptors (Lipinski definition) is 6. The van der Waals surface area contributed by atoms with E-state index in [2.05, 4.69) is 0 Å². The SMILES string of the molecule is CCOC(=O)C1(C(=O)OCC)CC1C/C=[N+](\[O-])Cc1ccc(OC)cc1. The van der Waals surface area contributed by atoms with Crippen molar-refractivity contribution in [1.29, 1.82) is 0 Å². The van der Waals surface area contributed by atoms with Crippen LogP contribution in [0.3, 0.4) is 0 Å². The van der Waals surface area contributed by atoms with Crippen LogP contribution in [-0.2, 0) is 25.6 Å². The molecule has 26 heavy (non-hydrogen) atoms. The molecule has 1 unspecified atom stereocenters. The van der Waals surface area contributed by atoms with Crippen molar-refractivity contribution in [3.8, 4) is 5.75 Å². The van der Waals surface area contributed by atoms with Crippen molar-refractivity contribution >= 4 is 18.2 Å². The van der Waals surface area contributed by atoms with Crippen LogP contribution in [0.5, 0.6) is 5.75 Å². The lowest BCUT2D eigenvalue weighted by atomic mass is 10.0. The van der Waals surface area contributed by atoms with Crippen LogP contribution >= 0.6 is 0 Å². The van der Waals surface area contributed by atoms with Gasteiger partial charge in [0.15, 0.2) is 18.2 Å². The van der Waals surface area contributed by atoms with Gasteiger partial charge in [-0.3, -0.25) is 9.59 Å². The first-order chi connectivity index (χ1) is 12.5. The highest BCUT2D eigenvalue weighted by molar-refractivity contribution is 6.04. The fourth-order valence-corrected chi connectivity index (χ4v) is 2.94. The zero-order chi connectivity index (χ0) is 19.2. The molecule has 0 bridgehead atoms. The zero-order valence-electron chi connectivity index (χ0n) is 15.4. The van der Waals surface area contributed by atoms with Crippen molar-refractivity contribution in [2.24, 2.45) is 11.3 Å². The van der Waals surface area contributed by atoms with Crippen molar-refractivity contribution in [3.63, 3.8) is 0 Å². The Morgan fingerprint density at radius 1 is 1.19 bits per heavy atom. The van der Waals surface area contributed by atoms with Gasteiger partial charge in [0.05, 0.1) is 20.3 Å². The molecule has 7 heteroatoms. The Hall–Kier alpha value is -2.57. The number of carbonyl (C=O) groups excluding carboxylic acids is 2. The summed E-state index contributed by atoms with van der Waals surface area (Å²) in [5.41, 5.74) is -0.418. The number of methoxy groups -OCH3 is 1. The summed E-state index contributed by atoms with van der Waals surface area (Å²) in [5.74, 6) is -0.677. The van der Waals surface area contributed by atoms with Crippen molar-refractivity contribution < 1.29 is 28.5 Å². The van der Waals surface area contributed by atoms with Crippen LogP contribution in [0.15, 0.2) is 24.3 Å². The standard InChI is InChI=1S/C19H25NO6/c1-4-25-17(21)19(18(22)26-5-2)12-15(19)10-11-20(23)13-14-6-8-16(24-3)9-7-14/h6-9,11,15H,4-5,10,12-13H2,1-3H3/b20-11-. The van der Waals surface area contributed by atoms with E-state index in [-0.39, 0.29) is 25.7 Å². The molecule has 0 aliphatic heterocycles. The van der Waals surface area contributed by atoms with Crippen molar-refractivity contribution in [2.75, 3.05) is 20.3 Å². The third-order valence-corrected chi connectivity index (χ3v) is 4.48. The first-order valence-electron chi connectivity index (χ1n) is 8.72. The van der Waals surface area contributed by atoms with Crippen molar-refractivity contribution in [2.45, 2.75) is 33.2 Å². The topological polar surface area (TPSA) is 87.9 Å². The van der Waals surface area contributed by atoms with Gasteiger partial charge in [0.25, 0.3) is 0 Å². The number of ether oxygens (including phenoxy) is 3. The van der Waals surface area contributed by atoms with E-state index in [1.807, 2.05) is 12.1 Å². The average molecular weight is 363 g/mol. The number of hydroxylamine groups is 1. The van der Waals surface area contributed by atoms with Crippen molar-refractivity contribution in [3.05, 3.63) is 35.0 Å². The number of carbonyl (C=O) groups is 2. The number of esters is 2. The van der Waals surface area contributed by atoms with E-state index in [1.165, 1.54) is 6.21 Å². The van der Waals surface area contributed by atoms with Crippen LogP contribution in [0, 0.1) is 16.5 Å². The molecule has 2 rings (SSSR count). The van der Waals surface area contributed by atoms with Gasteiger partial charge < -0.3 is 19.4 Å². The predicted octanol–water partition coefficient (Wildman–Crippen LogP) is 2.30. The Kier molecular flexibility index (Phi) is 6.60. The summed E-state index contributed by atoms with van der Waals surface area (Å²) in [6, 6.07) is 7.21. The molecule has 0 amide bonds. The Morgan fingerprint density at radius 2 is 1.77 bits per heavy atom. The maximum atomic E-state index is 12.2. The largest absolute Gasteiger partial charge is 0.624 e. The highest BCUT2D eigenvalue weighted by atomic mass is 16.6. The highest BCUT2D eigenvalue weighted by Crippen LogP contribution is 2.56. The number of benzene rings is 1. The van der Waals surface area contributed by atoms with Crippen LogP contribution in [-0.4, -0.2) is 43.2 Å². The number of rotatable bonds is 9. The summed E-state index contributed by atoms with van der Waals surface area (Å²) in [7, 11) is 1.58. The van der Waals surface area contributed by atoms with E-state index >= 15 is 0 Å². The summed E-state index contributed by atoms with van der Waals surface area (Å²) in [6.45, 7) is 3.95. The Bertz CT molecular complexity index is 649. The second kappa shape index (κ2) is 8.69. The lowest BCUT2D eigenvalue weighted by Gasteiger charge is -2.14. The molecule has 0 saturated heterocycles. The molecule has 0 N–H and O–H groups in total. The molecule has 142 valence electrons. The summed E-state index contributed by atoms with van der Waals surface area (Å²) in [6.07, 6.45) is 2.13. The number of nitrogens with zero attached hydrogens (tertiary/aromatic N) is 1. The van der Waals surface area contributed by atoms with Gasteiger partial charge in [-0.15, -0.1) is 0 Å². The third kappa shape index (κ3) is 4.33. The van der Waals surface area contributed by atoms with E-state index in [1.54, 1.807) is 33.1 Å². The van der Waals surface area contributed by atoms with Gasteiger partial charge in [-0.2, -0.15) is 0 Å². The summed E-state index contributed by atoms with van der Waals surface area (Å²) >= 11 is 0. The Morgan fingerprint density at radius 3 is 2.27 bits per heavy atom. The van der Waals surface area contributed by atoms with Gasteiger partial charge in [0.1, 0.15) is 5.75 Å². The Labute approximate surface area is 153 Å². The maximum Gasteiger partial charge on any atom is 0.323 e. The molecule has 1 saturated carbocycles. The smallest absolute Gasteiger partial charge is 0.323 e. The minimum Gasteiger partial charge on any atom is -0.624 e. The molecule has 7 nitrogen and oxygen atoms in total. The van der Waals surface area contributed by atoms with E-state index < -0.39 is 17.4 Å². The molecule has 0 radical (unpaired) electrons. The summed E-state index contributed by atoms with van der Waals surface area (Å²) < 4.78 is 16.0. The summed E-state index contributed by atoms with van der Waals surface area (Å²) in [5, 5.41) is 12.1. The monoisotopic (exact) mass is 363 g/mol. The maximum absolute atomic E-state index is 12.2. The molecule has 0 spiro atoms. The minimum absolute atomic E-state index is 0.183. The lowest BCUT2D eigenvalue weighted by Crippen LogP contribution is -2.32. The van der Waals surface area contributed by atoms with Crippen LogP contribution in [0.4, 0.5) is 0 Å². The molecule has 1 atom stereocenters. The fourth-order valence-electron chi connectivity index (χ4n) is 2.94. The number of hydrogen-bond donors (Lipinski definition) is 0. The first kappa shape index (κ1) is 19.8. The normalized spacial score (nSPS) is 18.1. The van der Waals surface area contributed by atoms with Crippen LogP contribution < -0.4 is 4.74 Å². The molecule has 1 fully saturated rings. The fraction of sp³-hybridized carbons (Fsp3) is 0.526. The minimum atomic E-state index is -1.26. The van der Waals surface area contributed by atoms with Gasteiger partial charge in [-0.25, -0.2) is 4.74 Å². The van der Waals surface area contributed by atoms with E-state index in [0.29, 0.717) is 12.8 Å². The second-order valence-electron chi connectivity index (χ2n) is 6.15. The quantitative estimate of drug-likeness (QED) is 0.167. The van der Waals surface area contributed by atoms with E-state index in [9.17, 15) is 14.8 Å². The van der Waals surface area contributed by atoms with E-state index in [0.717, 1.165) is 16.1 Å². The van der Waals surface area contributed by atoms with Crippen LogP contribution in [0.1, 0.15) is 32.3 Å². The van der Waals surface area contributed by atoms with Crippen LogP contribution in [0.25, 0.3) is 0 Å². The van der Waals surface area contributed by atoms with Gasteiger partial charge >= 0.3 is 11.9 Å². The van der Waals surface area contributed by atoms with Gasteiger partial charge in [0, 0.05) is 12.0 Å². The Balaban J connectivity index is 1.99. The van der Waals surface area contributed by atoms with Gasteiger partial charge in [-0.1, -0.05) is 0 Å². The first-order valence-corrected chi connectivity index (χ1v) is 8.72. The molecule has 1 aromatic rings. The highest BCUT2D eigenvalue weighted by Gasteiger charge is 2.67. The van der Waals surface area contributed by atoms with Crippen molar-refractivity contribution in [1.82, 2.24) is 0 Å². The second-order valence-corrected chi connectivity index (χ2v) is 6.15. The summed E-state index contributed by atoms with van der Waals surface area (Å²) in [4.78, 5) is 24.4. The van der Waals surface area contributed by atoms with Gasteiger partial charge in [-0.05, 0) is 50.5 Å². The molecule has 0 aromatic heterocycles. The molecular weight excluding hydrogens is 338 g/mol. The van der Waals surface area contributed by atoms with Crippen LogP contribution in [0.2, 0.25) is 0 Å². The van der Waals surface area contributed by atoms with E-state index in [4.69, 9.17) is 14.2 Å². The van der Waals surface area contributed by atoms with Gasteiger partial charge in [0.2, 0.25) is 0 Å². The zero-order valence-corrected chi connectivity index (χ0v) is 15.4. The predicted molar refractivity (Wildman–Crippen MR) is 94.8 cm³/mol. The average Bonchev–Trinajstić information content (AvgIpc) is 3.37. The molecule has 1 aliphatic rings. The third-order valence-electron chi connectivity index (χ3n) is 4.48. The lowest BCUT2D eigenvalue weighted by molar-refractivity contribution is -0.471. The molecule has 1 aromatic carbocycles. The molecule has 0 heterocycles.